The molecule has 3 aromatic heterocycles. The second-order valence-corrected chi connectivity index (χ2v) is 9.07. The van der Waals surface area contributed by atoms with Gasteiger partial charge in [0.2, 0.25) is 0 Å². The number of nitrogens with zero attached hydrogens (tertiary/aromatic N) is 7. The highest BCUT2D eigenvalue weighted by atomic mass is 19.4. The zero-order chi connectivity index (χ0) is 23.9. The van der Waals surface area contributed by atoms with E-state index in [2.05, 4.69) is 25.0 Å². The third-order valence-electron chi connectivity index (χ3n) is 6.85. The van der Waals surface area contributed by atoms with Crippen LogP contribution in [0.5, 0.6) is 0 Å². The number of hydrogen-bond donors (Lipinski definition) is 0. The smallest absolute Gasteiger partial charge is 0.357 e. The van der Waals surface area contributed by atoms with Gasteiger partial charge in [0.05, 0.1) is 18.0 Å². The Morgan fingerprint density at radius 1 is 0.971 bits per heavy atom. The summed E-state index contributed by atoms with van der Waals surface area (Å²) in [5.74, 6) is 0.977. The Kier molecular flexibility index (Phi) is 5.76. The molecule has 2 aliphatic rings. The number of piperidine rings is 2. The van der Waals surface area contributed by atoms with Gasteiger partial charge < -0.3 is 9.80 Å². The van der Waals surface area contributed by atoms with E-state index in [0.29, 0.717) is 35.9 Å². The Balaban J connectivity index is 1.30. The molecule has 0 atom stereocenters. The Labute approximate surface area is 192 Å². The van der Waals surface area contributed by atoms with E-state index in [4.69, 9.17) is 0 Å². The predicted molar refractivity (Wildman–Crippen MR) is 116 cm³/mol. The predicted octanol–water partition coefficient (Wildman–Crippen LogP) is 4.39. The fraction of sp³-hybridized carbons (Fsp3) is 0.545. The third kappa shape index (κ3) is 4.49. The van der Waals surface area contributed by atoms with Crippen LogP contribution in [0.15, 0.2) is 30.7 Å². The Morgan fingerprint density at radius 3 is 2.50 bits per heavy atom. The molecule has 0 amide bonds. The van der Waals surface area contributed by atoms with Crippen molar-refractivity contribution in [1.29, 1.82) is 0 Å². The minimum absolute atomic E-state index is 0.0102. The first-order chi connectivity index (χ1) is 16.2. The summed E-state index contributed by atoms with van der Waals surface area (Å²) in [4.78, 5) is 17.2. The van der Waals surface area contributed by atoms with Crippen molar-refractivity contribution in [2.75, 3.05) is 36.0 Å². The quantitative estimate of drug-likeness (QED) is 0.515. The van der Waals surface area contributed by atoms with Crippen molar-refractivity contribution < 1.29 is 22.0 Å². The molecule has 5 rings (SSSR count). The minimum atomic E-state index is -4.40. The zero-order valence-corrected chi connectivity index (χ0v) is 18.3. The molecule has 2 fully saturated rings. The first-order valence-electron chi connectivity index (χ1n) is 11.2. The number of pyridine rings is 1. The van der Waals surface area contributed by atoms with Gasteiger partial charge in [-0.1, -0.05) is 0 Å². The fourth-order valence-corrected chi connectivity index (χ4v) is 5.05. The molecule has 0 aromatic carbocycles. The molecular formula is C22H24F5N7. The van der Waals surface area contributed by atoms with Crippen molar-refractivity contribution in [2.24, 2.45) is 5.41 Å². The van der Waals surface area contributed by atoms with Crippen LogP contribution < -0.4 is 9.80 Å². The van der Waals surface area contributed by atoms with Crippen molar-refractivity contribution in [2.45, 2.75) is 44.8 Å². The standard InChI is InChI=1S/C22H24F5N7/c23-17(24)13-34-20-16(11-30-34)29-12-19(31-20)33-7-1-3-21(14-33)4-8-32(9-5-21)18-10-15(2-6-28-18)22(25,26)27/h2,6,10-12,17H,1,3-5,7-9,13-14H2. The molecule has 34 heavy (non-hydrogen) atoms. The SMILES string of the molecule is FC(F)Cn1ncc2ncc(N3CCCC4(CCN(c5cc(C(F)(F)F)ccn5)CC4)C3)nc21. The van der Waals surface area contributed by atoms with E-state index in [1.165, 1.54) is 17.1 Å². The van der Waals surface area contributed by atoms with Crippen molar-refractivity contribution in [1.82, 2.24) is 24.7 Å². The van der Waals surface area contributed by atoms with Crippen LogP contribution in [0, 0.1) is 5.41 Å². The van der Waals surface area contributed by atoms with Crippen LogP contribution in [0.2, 0.25) is 0 Å². The lowest BCUT2D eigenvalue weighted by Gasteiger charge is -2.48. The highest BCUT2D eigenvalue weighted by Crippen LogP contribution is 2.42. The van der Waals surface area contributed by atoms with Crippen LogP contribution in [-0.2, 0) is 12.7 Å². The van der Waals surface area contributed by atoms with E-state index in [1.807, 2.05) is 4.90 Å². The lowest BCUT2D eigenvalue weighted by Crippen LogP contribution is -2.50. The highest BCUT2D eigenvalue weighted by Gasteiger charge is 2.39. The minimum Gasteiger partial charge on any atom is -0.357 e. The maximum absolute atomic E-state index is 13.1. The molecule has 3 aromatic rings. The summed E-state index contributed by atoms with van der Waals surface area (Å²) in [6.07, 6.45) is 0.957. The third-order valence-corrected chi connectivity index (χ3v) is 6.85. The highest BCUT2D eigenvalue weighted by molar-refractivity contribution is 5.71. The zero-order valence-electron chi connectivity index (χ0n) is 18.3. The van der Waals surface area contributed by atoms with Gasteiger partial charge >= 0.3 is 6.18 Å². The van der Waals surface area contributed by atoms with Crippen LogP contribution in [0.25, 0.3) is 11.2 Å². The monoisotopic (exact) mass is 481 g/mol. The number of aromatic nitrogens is 5. The molecule has 2 aliphatic heterocycles. The Bertz CT molecular complexity index is 1150. The number of fused-ring (bicyclic) bond motifs is 1. The summed E-state index contributed by atoms with van der Waals surface area (Å²) in [6.45, 7) is 2.22. The van der Waals surface area contributed by atoms with E-state index in [-0.39, 0.29) is 5.41 Å². The summed E-state index contributed by atoms with van der Waals surface area (Å²) in [5, 5.41) is 3.97. The van der Waals surface area contributed by atoms with Gasteiger partial charge in [-0.15, -0.1) is 0 Å². The van der Waals surface area contributed by atoms with Gasteiger partial charge in [0.15, 0.2) is 5.65 Å². The lowest BCUT2D eigenvalue weighted by molar-refractivity contribution is -0.137. The van der Waals surface area contributed by atoms with E-state index in [1.54, 1.807) is 6.20 Å². The lowest BCUT2D eigenvalue weighted by atomic mass is 9.72. The summed E-state index contributed by atoms with van der Waals surface area (Å²) in [7, 11) is 0. The number of halogens is 5. The number of hydrogen-bond acceptors (Lipinski definition) is 6. The van der Waals surface area contributed by atoms with Crippen LogP contribution in [-0.4, -0.2) is 57.3 Å². The fourth-order valence-electron chi connectivity index (χ4n) is 5.05. The molecule has 0 aliphatic carbocycles. The molecule has 0 saturated carbocycles. The van der Waals surface area contributed by atoms with Crippen LogP contribution in [0.1, 0.15) is 31.2 Å². The molecule has 182 valence electrons. The average Bonchev–Trinajstić information content (AvgIpc) is 3.20. The van der Waals surface area contributed by atoms with Gasteiger partial charge in [0.25, 0.3) is 6.43 Å². The largest absolute Gasteiger partial charge is 0.416 e. The Morgan fingerprint density at radius 2 is 1.76 bits per heavy atom. The molecule has 0 radical (unpaired) electrons. The van der Waals surface area contributed by atoms with E-state index in [0.717, 1.165) is 50.9 Å². The Hall–Kier alpha value is -3.05. The van der Waals surface area contributed by atoms with Crippen LogP contribution in [0.4, 0.5) is 33.6 Å². The molecule has 5 heterocycles. The first kappa shape index (κ1) is 22.7. The van der Waals surface area contributed by atoms with E-state index < -0.39 is 24.7 Å². The van der Waals surface area contributed by atoms with Crippen molar-refractivity contribution in [3.63, 3.8) is 0 Å². The second-order valence-electron chi connectivity index (χ2n) is 9.07. The number of alkyl halides is 5. The van der Waals surface area contributed by atoms with Crippen molar-refractivity contribution >= 4 is 22.8 Å². The number of anilines is 2. The molecule has 0 unspecified atom stereocenters. The molecule has 0 N–H and O–H groups in total. The number of rotatable bonds is 4. The van der Waals surface area contributed by atoms with Crippen LogP contribution in [0.3, 0.4) is 0 Å². The topological polar surface area (TPSA) is 63.0 Å². The summed E-state index contributed by atoms with van der Waals surface area (Å²) in [6, 6.07) is 2.09. The van der Waals surface area contributed by atoms with Gasteiger partial charge in [0, 0.05) is 32.4 Å². The van der Waals surface area contributed by atoms with Crippen molar-refractivity contribution in [3.05, 3.63) is 36.3 Å². The van der Waals surface area contributed by atoms with Gasteiger partial charge in [-0.2, -0.15) is 18.3 Å². The first-order valence-corrected chi connectivity index (χ1v) is 11.2. The molecule has 7 nitrogen and oxygen atoms in total. The molecule has 0 bridgehead atoms. The summed E-state index contributed by atoms with van der Waals surface area (Å²) < 4.78 is 66.2. The molecule has 12 heteroatoms. The van der Waals surface area contributed by atoms with Gasteiger partial charge in [0.1, 0.15) is 23.7 Å². The summed E-state index contributed by atoms with van der Waals surface area (Å²) >= 11 is 0. The maximum Gasteiger partial charge on any atom is 0.416 e. The normalized spacial score (nSPS) is 18.9. The van der Waals surface area contributed by atoms with Crippen molar-refractivity contribution in [3.8, 4) is 0 Å². The molecule has 2 saturated heterocycles. The average molecular weight is 481 g/mol. The van der Waals surface area contributed by atoms with Gasteiger partial charge in [-0.05, 0) is 43.2 Å². The summed E-state index contributed by atoms with van der Waals surface area (Å²) in [5.41, 5.74) is 0.124. The van der Waals surface area contributed by atoms with E-state index >= 15 is 0 Å². The molecule has 1 spiro atoms. The molecular weight excluding hydrogens is 457 g/mol. The van der Waals surface area contributed by atoms with Crippen LogP contribution >= 0.6 is 0 Å². The van der Waals surface area contributed by atoms with E-state index in [9.17, 15) is 22.0 Å². The second kappa shape index (κ2) is 8.62. The maximum atomic E-state index is 13.1. The van der Waals surface area contributed by atoms with Gasteiger partial charge in [-0.25, -0.2) is 28.4 Å². The van der Waals surface area contributed by atoms with Gasteiger partial charge in [-0.3, -0.25) is 0 Å².